The molecule has 0 heterocycles. The number of amides is 2. The summed E-state index contributed by atoms with van der Waals surface area (Å²) in [5.74, 6) is -0.474. The first-order valence-corrected chi connectivity index (χ1v) is 5.60. The van der Waals surface area contributed by atoms with Crippen molar-refractivity contribution in [3.8, 4) is 6.07 Å². The lowest BCUT2D eigenvalue weighted by atomic mass is 10.1. The summed E-state index contributed by atoms with van der Waals surface area (Å²) in [7, 11) is 0. The predicted octanol–water partition coefficient (Wildman–Crippen LogP) is 0.0735. The molecular weight excluding hydrogens is 206 g/mol. The second-order valence-corrected chi connectivity index (χ2v) is 4.67. The molecule has 86 valence electrons. The summed E-state index contributed by atoms with van der Waals surface area (Å²) >= 11 is 0. The fourth-order valence-electron chi connectivity index (χ4n) is 1.47. The van der Waals surface area contributed by atoms with Gasteiger partial charge in [0.15, 0.2) is 0 Å². The Kier molecular flexibility index (Phi) is 2.58. The Labute approximate surface area is 94.2 Å². The van der Waals surface area contributed by atoms with Crippen molar-refractivity contribution in [2.75, 3.05) is 0 Å². The van der Waals surface area contributed by atoms with E-state index in [0.717, 1.165) is 12.8 Å². The summed E-state index contributed by atoms with van der Waals surface area (Å²) in [4.78, 5) is 23.2. The van der Waals surface area contributed by atoms with Gasteiger partial charge in [0.05, 0.1) is 6.07 Å². The lowest BCUT2D eigenvalue weighted by Crippen LogP contribution is -2.47. The fourth-order valence-corrected chi connectivity index (χ4v) is 1.47. The van der Waals surface area contributed by atoms with Crippen LogP contribution in [0, 0.1) is 16.7 Å². The number of hydrogen-bond acceptors (Lipinski definition) is 3. The van der Waals surface area contributed by atoms with Crippen LogP contribution in [0.4, 0.5) is 0 Å². The number of nitrogens with zero attached hydrogens (tertiary/aromatic N) is 1. The van der Waals surface area contributed by atoms with Crippen molar-refractivity contribution in [3.05, 3.63) is 0 Å². The van der Waals surface area contributed by atoms with Gasteiger partial charge in [-0.2, -0.15) is 5.26 Å². The van der Waals surface area contributed by atoms with Gasteiger partial charge in [-0.1, -0.05) is 0 Å². The molecule has 0 aromatic carbocycles. The molecule has 2 rings (SSSR count). The highest BCUT2D eigenvalue weighted by Gasteiger charge is 2.51. The normalized spacial score (nSPS) is 22.8. The van der Waals surface area contributed by atoms with E-state index in [9.17, 15) is 9.59 Å². The van der Waals surface area contributed by atoms with Gasteiger partial charge in [-0.3, -0.25) is 9.59 Å². The van der Waals surface area contributed by atoms with E-state index in [-0.39, 0.29) is 17.9 Å². The maximum Gasteiger partial charge on any atom is 0.242 e. The number of nitriles is 1. The molecule has 2 saturated carbocycles. The zero-order chi connectivity index (χ0) is 11.8. The lowest BCUT2D eigenvalue weighted by molar-refractivity contribution is -0.130. The molecule has 2 amide bonds. The minimum absolute atomic E-state index is 0.162. The molecular formula is C11H15N3O2. The number of carbonyl (C=O) groups is 2. The predicted molar refractivity (Wildman–Crippen MR) is 56.0 cm³/mol. The summed E-state index contributed by atoms with van der Waals surface area (Å²) in [5, 5.41) is 14.2. The molecule has 2 aliphatic rings. The molecule has 2 fully saturated rings. The first-order valence-electron chi connectivity index (χ1n) is 5.60. The van der Waals surface area contributed by atoms with Gasteiger partial charge < -0.3 is 10.6 Å². The topological polar surface area (TPSA) is 82.0 Å². The third-order valence-electron chi connectivity index (χ3n) is 3.06. The quantitative estimate of drug-likeness (QED) is 0.705. The van der Waals surface area contributed by atoms with Gasteiger partial charge in [0.25, 0.3) is 0 Å². The second kappa shape index (κ2) is 3.78. The van der Waals surface area contributed by atoms with Crippen LogP contribution >= 0.6 is 0 Å². The van der Waals surface area contributed by atoms with Crippen LogP contribution in [0.25, 0.3) is 0 Å². The van der Waals surface area contributed by atoms with E-state index in [4.69, 9.17) is 5.26 Å². The molecule has 0 radical (unpaired) electrons. The van der Waals surface area contributed by atoms with Crippen molar-refractivity contribution < 1.29 is 9.59 Å². The first kappa shape index (κ1) is 10.9. The van der Waals surface area contributed by atoms with Crippen molar-refractivity contribution in [2.45, 2.75) is 44.7 Å². The van der Waals surface area contributed by atoms with Crippen molar-refractivity contribution in [2.24, 2.45) is 5.41 Å². The molecule has 0 spiro atoms. The Balaban J connectivity index is 1.82. The maximum atomic E-state index is 11.7. The largest absolute Gasteiger partial charge is 0.352 e. The molecule has 1 atom stereocenters. The summed E-state index contributed by atoms with van der Waals surface area (Å²) in [6, 6.07) is 1.74. The van der Waals surface area contributed by atoms with Crippen LogP contribution in [0.15, 0.2) is 0 Å². The molecule has 0 aromatic heterocycles. The van der Waals surface area contributed by atoms with Gasteiger partial charge in [0.2, 0.25) is 11.8 Å². The summed E-state index contributed by atoms with van der Waals surface area (Å²) in [5.41, 5.74) is -0.853. The average Bonchev–Trinajstić information content (AvgIpc) is 3.12. The number of nitrogens with one attached hydrogen (secondary N) is 2. The molecule has 0 bridgehead atoms. The third-order valence-corrected chi connectivity index (χ3v) is 3.06. The van der Waals surface area contributed by atoms with E-state index in [2.05, 4.69) is 10.6 Å². The maximum absolute atomic E-state index is 11.7. The zero-order valence-electron chi connectivity index (χ0n) is 9.25. The van der Waals surface area contributed by atoms with Crippen LogP contribution in [0.5, 0.6) is 0 Å². The van der Waals surface area contributed by atoms with Crippen molar-refractivity contribution in [3.63, 3.8) is 0 Å². The number of carbonyl (C=O) groups excluding carboxylic acids is 2. The SMILES string of the molecule is CC(NC(=O)C1(C#N)CC1)C(=O)NC1CC1. The Morgan fingerprint density at radius 1 is 1.44 bits per heavy atom. The van der Waals surface area contributed by atoms with Crippen LogP contribution in [0.3, 0.4) is 0 Å². The van der Waals surface area contributed by atoms with Gasteiger partial charge in [-0.15, -0.1) is 0 Å². The Bertz CT molecular complexity index is 364. The van der Waals surface area contributed by atoms with Crippen molar-refractivity contribution >= 4 is 11.8 Å². The molecule has 5 heteroatoms. The van der Waals surface area contributed by atoms with Crippen molar-refractivity contribution in [1.82, 2.24) is 10.6 Å². The smallest absolute Gasteiger partial charge is 0.242 e. The molecule has 0 aromatic rings. The van der Waals surface area contributed by atoms with E-state index >= 15 is 0 Å². The van der Waals surface area contributed by atoms with Crippen LogP contribution in [-0.2, 0) is 9.59 Å². The third kappa shape index (κ3) is 2.16. The molecule has 0 saturated heterocycles. The average molecular weight is 221 g/mol. The first-order chi connectivity index (χ1) is 7.57. The highest BCUT2D eigenvalue weighted by atomic mass is 16.2. The van der Waals surface area contributed by atoms with Gasteiger partial charge in [-0.05, 0) is 32.6 Å². The van der Waals surface area contributed by atoms with Gasteiger partial charge >= 0.3 is 0 Å². The zero-order valence-corrected chi connectivity index (χ0v) is 9.25. The van der Waals surface area contributed by atoms with Crippen molar-refractivity contribution in [1.29, 1.82) is 5.26 Å². The van der Waals surface area contributed by atoms with Crippen LogP contribution < -0.4 is 10.6 Å². The Morgan fingerprint density at radius 3 is 2.50 bits per heavy atom. The highest BCUT2D eigenvalue weighted by molar-refractivity contribution is 5.93. The summed E-state index contributed by atoms with van der Waals surface area (Å²) < 4.78 is 0. The van der Waals surface area contributed by atoms with E-state index < -0.39 is 11.5 Å². The minimum atomic E-state index is -0.853. The molecule has 0 aliphatic heterocycles. The van der Waals surface area contributed by atoms with Crippen LogP contribution in [0.1, 0.15) is 32.6 Å². The Hall–Kier alpha value is -1.57. The lowest BCUT2D eigenvalue weighted by Gasteiger charge is -2.15. The molecule has 5 nitrogen and oxygen atoms in total. The second-order valence-electron chi connectivity index (χ2n) is 4.67. The van der Waals surface area contributed by atoms with Gasteiger partial charge in [-0.25, -0.2) is 0 Å². The minimum Gasteiger partial charge on any atom is -0.352 e. The molecule has 1 unspecified atom stereocenters. The van der Waals surface area contributed by atoms with Gasteiger partial charge in [0.1, 0.15) is 11.5 Å². The fraction of sp³-hybridized carbons (Fsp3) is 0.727. The van der Waals surface area contributed by atoms with Crippen LogP contribution in [0.2, 0.25) is 0 Å². The molecule has 2 aliphatic carbocycles. The number of rotatable bonds is 4. The summed E-state index contributed by atoms with van der Waals surface area (Å²) in [6.45, 7) is 1.64. The number of hydrogen-bond donors (Lipinski definition) is 2. The van der Waals surface area contributed by atoms with E-state index in [1.165, 1.54) is 0 Å². The van der Waals surface area contributed by atoms with Crippen LogP contribution in [-0.4, -0.2) is 23.9 Å². The summed E-state index contributed by atoms with van der Waals surface area (Å²) in [6.07, 6.45) is 3.25. The van der Waals surface area contributed by atoms with E-state index in [1.807, 2.05) is 6.07 Å². The molecule has 2 N–H and O–H groups in total. The highest BCUT2D eigenvalue weighted by Crippen LogP contribution is 2.45. The van der Waals surface area contributed by atoms with E-state index in [0.29, 0.717) is 12.8 Å². The van der Waals surface area contributed by atoms with E-state index in [1.54, 1.807) is 6.92 Å². The molecule has 16 heavy (non-hydrogen) atoms. The van der Waals surface area contributed by atoms with Gasteiger partial charge in [0, 0.05) is 6.04 Å². The standard InChI is InChI=1S/C11H15N3O2/c1-7(9(15)14-8-2-3-8)13-10(16)11(6-12)4-5-11/h7-8H,2-5H2,1H3,(H,13,16)(H,14,15). The Morgan fingerprint density at radius 2 is 2.06 bits per heavy atom. The monoisotopic (exact) mass is 221 g/mol.